The number of imidazole rings is 1. The number of nitrogens with zero attached hydrogens (tertiary/aromatic N) is 6. The quantitative estimate of drug-likeness (QED) is 0.0326. The molecular weight excluding hydrogens is 887 g/mol. The van der Waals surface area contributed by atoms with Gasteiger partial charge < -0.3 is 61.1 Å². The number of phosphoric ester groups is 1. The predicted octanol–water partition coefficient (Wildman–Crippen LogP) is 0.234. The van der Waals surface area contributed by atoms with Crippen LogP contribution in [0.25, 0.3) is 11.2 Å². The molecule has 0 spiro atoms. The van der Waals surface area contributed by atoms with Crippen LogP contribution in [0, 0.1) is 0 Å². The fraction of sp³-hybridized carbons (Fsp3) is 0.781. The number of rotatable bonds is 27. The molecule has 0 bridgehead atoms. The first-order chi connectivity index (χ1) is 28.8. The molecule has 0 saturated carbocycles. The van der Waals surface area contributed by atoms with Crippen molar-refractivity contribution < 1.29 is 66.1 Å². The molecule has 3 amide bonds. The number of hydrogen-bond acceptors (Lipinski definition) is 18. The molecule has 0 aromatic carbocycles. The second-order valence-electron chi connectivity index (χ2n) is 15.2. The summed E-state index contributed by atoms with van der Waals surface area (Å²) in [5.41, 5.74) is 6.13. The van der Waals surface area contributed by atoms with Crippen LogP contribution in [0.4, 0.5) is 10.6 Å². The highest BCUT2D eigenvalue weighted by molar-refractivity contribution is 8.00. The third-order valence-corrected chi connectivity index (χ3v) is 16.3. The fourth-order valence-electron chi connectivity index (χ4n) is 7.15. The largest absolute Gasteiger partial charge is 0.489 e. The number of ether oxygens (including phenoxy) is 1. The first-order valence-corrected chi connectivity index (χ1v) is 25.5. The summed E-state index contributed by atoms with van der Waals surface area (Å²) in [6, 6.07) is 0.317. The van der Waals surface area contributed by atoms with Crippen molar-refractivity contribution in [3.8, 4) is 0 Å². The van der Waals surface area contributed by atoms with E-state index >= 15 is 0 Å². The molecule has 3 aliphatic rings. The molecule has 11 N–H and O–H groups in total. The molecule has 29 heteroatoms. The van der Waals surface area contributed by atoms with Gasteiger partial charge in [0.2, 0.25) is 5.91 Å². The Morgan fingerprint density at radius 1 is 0.951 bits per heavy atom. The fourth-order valence-corrected chi connectivity index (χ4v) is 12.4. The van der Waals surface area contributed by atoms with Gasteiger partial charge in [-0.1, -0.05) is 6.42 Å². The van der Waals surface area contributed by atoms with E-state index in [0.717, 1.165) is 70.2 Å². The molecule has 3 aliphatic heterocycles. The van der Waals surface area contributed by atoms with Gasteiger partial charge in [-0.15, -0.1) is 0 Å². The van der Waals surface area contributed by atoms with Crippen molar-refractivity contribution >= 4 is 64.1 Å². The summed E-state index contributed by atoms with van der Waals surface area (Å²) in [5, 5.41) is 32.5. The van der Waals surface area contributed by atoms with Crippen LogP contribution in [-0.2, 0) is 36.4 Å². The Hall–Kier alpha value is -2.35. The minimum atomic E-state index is -5.68. The Kier molecular flexibility index (Phi) is 18.3. The summed E-state index contributed by atoms with van der Waals surface area (Å²) in [6.45, 7) is 2.54. The Morgan fingerprint density at radius 3 is 2.36 bits per heavy atom. The normalized spacial score (nSPS) is 26.8. The first-order valence-electron chi connectivity index (χ1n) is 19.9. The van der Waals surface area contributed by atoms with Crippen molar-refractivity contribution in [2.24, 2.45) is 0 Å². The maximum Gasteiger partial charge on any atom is 0.489 e. The number of nitrogens with two attached hydrogens (primary N) is 1. The number of urea groups is 1. The summed E-state index contributed by atoms with van der Waals surface area (Å²) in [4.78, 5) is 70.0. The minimum absolute atomic E-state index is 0.0488. The van der Waals surface area contributed by atoms with E-state index < -0.39 is 54.5 Å². The number of aromatic nitrogens is 4. The second-order valence-corrected chi connectivity index (χ2v) is 21.3. The molecule has 25 nitrogen and oxygen atoms in total. The highest BCUT2D eigenvalue weighted by Crippen LogP contribution is 2.66. The molecule has 61 heavy (non-hydrogen) atoms. The number of anilines is 1. The number of fused-ring (bicyclic) bond motifs is 2. The number of carbonyl (C=O) groups excluding carboxylic acids is 2. The summed E-state index contributed by atoms with van der Waals surface area (Å²) < 4.78 is 57.2. The van der Waals surface area contributed by atoms with Crippen molar-refractivity contribution in [3.63, 3.8) is 0 Å². The number of nitrogens with one attached hydrogen (secondary N) is 4. The van der Waals surface area contributed by atoms with Crippen LogP contribution in [0.1, 0.15) is 57.6 Å². The van der Waals surface area contributed by atoms with Crippen LogP contribution in [0.2, 0.25) is 0 Å². The molecule has 5 rings (SSSR count). The molecule has 3 saturated heterocycles. The number of phosphoric acid groups is 2. The predicted molar refractivity (Wildman–Crippen MR) is 222 cm³/mol. The van der Waals surface area contributed by atoms with Gasteiger partial charge in [0, 0.05) is 30.5 Å². The number of hydrogen-bond donors (Lipinski definition) is 10. The van der Waals surface area contributed by atoms with Crippen LogP contribution in [0.3, 0.4) is 0 Å². The first kappa shape index (κ1) is 49.7. The Balaban J connectivity index is 0.871. The average Bonchev–Trinajstić information content (AvgIpc) is 3.94. The van der Waals surface area contributed by atoms with Gasteiger partial charge in [-0.05, 0) is 78.8 Å². The second kappa shape index (κ2) is 22.5. The Labute approximate surface area is 357 Å². The molecule has 346 valence electrons. The topological polar surface area (TPSA) is 348 Å². The van der Waals surface area contributed by atoms with Crippen LogP contribution in [-0.4, -0.2) is 168 Å². The number of carbonyl (C=O) groups is 2. The van der Waals surface area contributed by atoms with Crippen molar-refractivity contribution in [3.05, 3.63) is 12.7 Å². The Bertz CT molecular complexity index is 1920. The van der Waals surface area contributed by atoms with Gasteiger partial charge >= 0.3 is 29.4 Å². The standard InChI is InChI=1S/C32H58N11O14P3S/c1-41(15-7-11-34-24(44)10-4-3-9-23-25-21(18-61-23)39-32(47)40-25)13-5-6-14-42(2)16-8-12-38-58(48,49)56-60(52,53)57-59(50,51)54-17-22-27(45)28(46)31(55-22)43-20-37-26-29(33)35-19-36-30(26)43/h19-23,25,27-28,31,45-46H,3-18H2,1-2H3,(H,34,44)(H,50,51)(H,52,53)(H2,33,35,36)(H2,38,48,49)(H2,39,40,47)/t21-,22+,23-,25-,27+,28+,31+/m0/s1. The smallest absolute Gasteiger partial charge is 0.387 e. The maximum atomic E-state index is 12.5. The zero-order valence-corrected chi connectivity index (χ0v) is 37.4. The zero-order chi connectivity index (χ0) is 44.4. The minimum Gasteiger partial charge on any atom is -0.387 e. The number of nitrogen functional groups attached to an aromatic ring is 1. The number of amides is 3. The SMILES string of the molecule is CN(CCCCN(C)CCCNP(=O)(O)OP(=O)(O)OP(=O)(O)OC[C@H]1O[C@@H](n2cnc3c(N)ncnc32)[C@H](O)[C@@H]1O)CCCNC(=O)CCCC[C@@H]1SC[C@@H]2NC(=O)N[C@@H]21. The van der Waals surface area contributed by atoms with Crippen LogP contribution in [0.5, 0.6) is 0 Å². The number of aliphatic hydroxyl groups is 2. The molecule has 5 heterocycles. The van der Waals surface area contributed by atoms with Crippen molar-refractivity contribution in [2.75, 3.05) is 71.5 Å². The van der Waals surface area contributed by atoms with E-state index in [2.05, 4.69) is 54.0 Å². The third-order valence-electron chi connectivity index (χ3n) is 10.3. The molecule has 0 aliphatic carbocycles. The van der Waals surface area contributed by atoms with Crippen LogP contribution < -0.4 is 26.8 Å². The van der Waals surface area contributed by atoms with E-state index in [1.165, 1.54) is 10.9 Å². The van der Waals surface area contributed by atoms with E-state index in [1.54, 1.807) is 0 Å². The molecule has 2 aromatic rings. The van der Waals surface area contributed by atoms with Gasteiger partial charge in [-0.2, -0.15) is 20.4 Å². The van der Waals surface area contributed by atoms with Gasteiger partial charge in [0.05, 0.1) is 25.0 Å². The molecule has 2 aromatic heterocycles. The Morgan fingerprint density at radius 2 is 1.64 bits per heavy atom. The molecule has 3 fully saturated rings. The summed E-state index contributed by atoms with van der Waals surface area (Å²) in [6.07, 6.45) is 2.60. The van der Waals surface area contributed by atoms with Gasteiger partial charge in [-0.25, -0.2) is 38.5 Å². The lowest BCUT2D eigenvalue weighted by Crippen LogP contribution is -2.36. The van der Waals surface area contributed by atoms with Crippen molar-refractivity contribution in [2.45, 2.75) is 93.2 Å². The maximum absolute atomic E-state index is 12.5. The van der Waals surface area contributed by atoms with E-state index in [9.17, 15) is 48.2 Å². The van der Waals surface area contributed by atoms with Crippen molar-refractivity contribution in [1.82, 2.24) is 50.4 Å². The lowest BCUT2D eigenvalue weighted by molar-refractivity contribution is -0.121. The molecule has 10 atom stereocenters. The van der Waals surface area contributed by atoms with E-state index in [0.29, 0.717) is 31.2 Å². The highest BCUT2D eigenvalue weighted by Gasteiger charge is 2.47. The zero-order valence-electron chi connectivity index (χ0n) is 33.9. The monoisotopic (exact) mass is 945 g/mol. The number of aliphatic hydroxyl groups excluding tert-OH is 2. The lowest BCUT2D eigenvalue weighted by atomic mass is 10.0. The third kappa shape index (κ3) is 15.1. The average molecular weight is 946 g/mol. The highest BCUT2D eigenvalue weighted by atomic mass is 32.2. The van der Waals surface area contributed by atoms with E-state index in [4.69, 9.17) is 10.5 Å². The molecule has 0 radical (unpaired) electrons. The lowest BCUT2D eigenvalue weighted by Gasteiger charge is -2.21. The van der Waals surface area contributed by atoms with Crippen LogP contribution in [0.15, 0.2) is 12.7 Å². The van der Waals surface area contributed by atoms with Gasteiger partial charge in [0.15, 0.2) is 17.7 Å². The van der Waals surface area contributed by atoms with Gasteiger partial charge in [0.1, 0.15) is 30.2 Å². The number of thioether (sulfide) groups is 1. The van der Waals surface area contributed by atoms with Crippen LogP contribution >= 0.6 is 35.2 Å². The van der Waals surface area contributed by atoms with E-state index in [1.807, 2.05) is 30.8 Å². The van der Waals surface area contributed by atoms with Crippen molar-refractivity contribution in [1.29, 1.82) is 0 Å². The molecule has 3 unspecified atom stereocenters. The summed E-state index contributed by atoms with van der Waals surface area (Å²) in [7, 11) is -12.3. The summed E-state index contributed by atoms with van der Waals surface area (Å²) in [5.74, 6) is 1.04. The molecular formula is C32H58N11O14P3S. The summed E-state index contributed by atoms with van der Waals surface area (Å²) >= 11 is 1.88. The number of unbranched alkanes of at least 4 members (excludes halogenated alkanes) is 2. The van der Waals surface area contributed by atoms with Gasteiger partial charge in [0.25, 0.3) is 0 Å². The van der Waals surface area contributed by atoms with E-state index in [-0.39, 0.29) is 47.5 Å². The van der Waals surface area contributed by atoms with Gasteiger partial charge in [-0.3, -0.25) is 13.9 Å².